The molecule has 0 saturated carbocycles. The third kappa shape index (κ3) is 3.42. The minimum absolute atomic E-state index is 0.0359. The molecular weight excluding hydrogens is 294 g/mol. The molecule has 1 rings (SSSR count). The number of aryl methyl sites for hydroxylation is 2. The van der Waals surface area contributed by atoms with Crippen LogP contribution in [0.25, 0.3) is 0 Å². The largest absolute Gasteiger partial charge is 0.369 e. The average molecular weight is 312 g/mol. The van der Waals surface area contributed by atoms with Crippen molar-refractivity contribution in [1.29, 1.82) is 0 Å². The summed E-state index contributed by atoms with van der Waals surface area (Å²) in [5.74, 6) is -0.328. The van der Waals surface area contributed by atoms with Crippen LogP contribution in [0.3, 0.4) is 0 Å². The van der Waals surface area contributed by atoms with E-state index < -0.39 is 4.32 Å². The van der Waals surface area contributed by atoms with Crippen molar-refractivity contribution >= 4 is 27.6 Å². The predicted molar refractivity (Wildman–Crippen MR) is 76.2 cm³/mol. The molecule has 0 bridgehead atoms. The summed E-state index contributed by atoms with van der Waals surface area (Å²) < 4.78 is -0.588. The van der Waals surface area contributed by atoms with Crippen LogP contribution in [-0.2, 0) is 11.2 Å². The van der Waals surface area contributed by atoms with Crippen molar-refractivity contribution in [2.45, 2.75) is 38.4 Å². The Morgan fingerprint density at radius 1 is 1.22 bits per heavy atom. The Bertz CT molecular complexity index is 501. The third-order valence-corrected chi connectivity index (χ3v) is 3.19. The normalized spacial score (nSPS) is 11.4. The van der Waals surface area contributed by atoms with Gasteiger partial charge in [0.05, 0.1) is 10.7 Å². The molecule has 0 heterocycles. The molecule has 0 aliphatic heterocycles. The number of nitrogens with two attached hydrogens (primary N) is 1. The van der Waals surface area contributed by atoms with E-state index in [1.807, 2.05) is 39.8 Å². The van der Waals surface area contributed by atoms with E-state index in [1.165, 1.54) is 0 Å². The van der Waals surface area contributed by atoms with Gasteiger partial charge >= 0.3 is 0 Å². The molecule has 0 aliphatic rings. The number of primary amides is 1. The predicted octanol–water partition coefficient (Wildman–Crippen LogP) is 2.69. The molecule has 0 fully saturated rings. The van der Waals surface area contributed by atoms with Crippen LogP contribution < -0.4 is 5.73 Å². The molecule has 0 unspecified atom stereocenters. The fourth-order valence-electron chi connectivity index (χ4n) is 1.82. The third-order valence-electron chi connectivity index (χ3n) is 2.83. The molecule has 0 aromatic heterocycles. The Labute approximate surface area is 116 Å². The van der Waals surface area contributed by atoms with E-state index in [1.54, 1.807) is 0 Å². The Hall–Kier alpha value is -1.16. The van der Waals surface area contributed by atoms with Crippen LogP contribution in [0.2, 0.25) is 0 Å². The van der Waals surface area contributed by atoms with Gasteiger partial charge in [0, 0.05) is 5.56 Å². The zero-order valence-corrected chi connectivity index (χ0v) is 12.7. The topological polar surface area (TPSA) is 60.2 Å². The molecule has 0 saturated heterocycles. The van der Waals surface area contributed by atoms with E-state index in [4.69, 9.17) is 5.73 Å². The van der Waals surface area contributed by atoms with Crippen LogP contribution in [0.15, 0.2) is 12.1 Å². The highest BCUT2D eigenvalue weighted by atomic mass is 79.9. The van der Waals surface area contributed by atoms with E-state index >= 15 is 0 Å². The van der Waals surface area contributed by atoms with Crippen LogP contribution in [-0.4, -0.2) is 16.0 Å². The number of amides is 1. The van der Waals surface area contributed by atoms with Gasteiger partial charge in [0.2, 0.25) is 5.91 Å². The number of carbonyl (C=O) groups is 2. The van der Waals surface area contributed by atoms with Crippen molar-refractivity contribution in [2.24, 2.45) is 5.73 Å². The molecular formula is C14H18BrNO2. The molecule has 0 aliphatic carbocycles. The van der Waals surface area contributed by atoms with E-state index in [0.717, 1.165) is 16.7 Å². The van der Waals surface area contributed by atoms with E-state index in [0.29, 0.717) is 5.56 Å². The summed E-state index contributed by atoms with van der Waals surface area (Å²) >= 11 is 3.37. The number of carbonyl (C=O) groups excluding carboxylic acids is 2. The molecule has 4 heteroatoms. The summed E-state index contributed by atoms with van der Waals surface area (Å²) in [4.78, 5) is 23.2. The number of hydrogen-bond acceptors (Lipinski definition) is 2. The number of alkyl halides is 1. The molecule has 1 aromatic carbocycles. The SMILES string of the molecule is Cc1cc(C(=O)C(C)(C)Br)c(C)cc1CC(N)=O. The number of Topliss-reactive ketones (excluding diaryl/α,β-unsaturated/α-hetero) is 1. The van der Waals surface area contributed by atoms with Crippen LogP contribution in [0.5, 0.6) is 0 Å². The zero-order valence-electron chi connectivity index (χ0n) is 11.1. The summed E-state index contributed by atoms with van der Waals surface area (Å²) in [5, 5.41) is 0. The van der Waals surface area contributed by atoms with Crippen molar-refractivity contribution in [3.63, 3.8) is 0 Å². The molecule has 2 N–H and O–H groups in total. The monoisotopic (exact) mass is 311 g/mol. The summed E-state index contributed by atoms with van der Waals surface area (Å²) in [7, 11) is 0. The Morgan fingerprint density at radius 3 is 2.22 bits per heavy atom. The highest BCUT2D eigenvalue weighted by Gasteiger charge is 2.26. The molecule has 18 heavy (non-hydrogen) atoms. The van der Waals surface area contributed by atoms with E-state index in [-0.39, 0.29) is 18.1 Å². The Kier molecular flexibility index (Phi) is 4.32. The number of halogens is 1. The lowest BCUT2D eigenvalue weighted by atomic mass is 9.92. The summed E-state index contributed by atoms with van der Waals surface area (Å²) in [5.41, 5.74) is 8.54. The average Bonchev–Trinajstić information content (AvgIpc) is 2.20. The van der Waals surface area contributed by atoms with Crippen molar-refractivity contribution in [2.75, 3.05) is 0 Å². The maximum atomic E-state index is 12.2. The van der Waals surface area contributed by atoms with Crippen molar-refractivity contribution in [3.05, 3.63) is 34.4 Å². The first-order valence-electron chi connectivity index (χ1n) is 5.75. The van der Waals surface area contributed by atoms with Gasteiger partial charge in [0.1, 0.15) is 0 Å². The van der Waals surface area contributed by atoms with Crippen molar-refractivity contribution < 1.29 is 9.59 Å². The maximum Gasteiger partial charge on any atom is 0.221 e. The van der Waals surface area contributed by atoms with Crippen LogP contribution in [0.4, 0.5) is 0 Å². The molecule has 98 valence electrons. The number of ketones is 1. The smallest absolute Gasteiger partial charge is 0.221 e. The van der Waals surface area contributed by atoms with Crippen LogP contribution in [0.1, 0.15) is 40.9 Å². The second-order valence-corrected chi connectivity index (χ2v) is 7.02. The Morgan fingerprint density at radius 2 is 1.78 bits per heavy atom. The number of benzene rings is 1. The quantitative estimate of drug-likeness (QED) is 0.686. The van der Waals surface area contributed by atoms with Gasteiger partial charge in [-0.25, -0.2) is 0 Å². The molecule has 1 amide bonds. The van der Waals surface area contributed by atoms with Gasteiger partial charge in [-0.15, -0.1) is 0 Å². The van der Waals surface area contributed by atoms with Gasteiger partial charge in [0.25, 0.3) is 0 Å². The van der Waals surface area contributed by atoms with Crippen LogP contribution in [0, 0.1) is 13.8 Å². The lowest BCUT2D eigenvalue weighted by molar-refractivity contribution is -0.117. The second-order valence-electron chi connectivity index (χ2n) is 5.04. The fraction of sp³-hybridized carbons (Fsp3) is 0.429. The first-order chi connectivity index (χ1) is 8.12. The minimum atomic E-state index is -0.588. The summed E-state index contributed by atoms with van der Waals surface area (Å²) in [6.45, 7) is 7.40. The zero-order chi connectivity index (χ0) is 14.1. The maximum absolute atomic E-state index is 12.2. The van der Waals surface area contributed by atoms with E-state index in [2.05, 4.69) is 15.9 Å². The molecule has 0 radical (unpaired) electrons. The Balaban J connectivity index is 3.23. The van der Waals surface area contributed by atoms with Gasteiger partial charge < -0.3 is 5.73 Å². The lowest BCUT2D eigenvalue weighted by Crippen LogP contribution is -2.25. The standard InChI is InChI=1S/C14H18BrNO2/c1-8-6-11(13(18)14(3,4)15)9(2)5-10(8)7-12(16)17/h5-6H,7H2,1-4H3,(H2,16,17). The van der Waals surface area contributed by atoms with Gasteiger partial charge in [-0.05, 0) is 50.5 Å². The van der Waals surface area contributed by atoms with Gasteiger partial charge in [-0.1, -0.05) is 22.0 Å². The summed E-state index contributed by atoms with van der Waals surface area (Å²) in [6.07, 6.45) is 0.207. The highest BCUT2D eigenvalue weighted by Crippen LogP contribution is 2.26. The second kappa shape index (κ2) is 5.22. The van der Waals surface area contributed by atoms with Crippen molar-refractivity contribution in [1.82, 2.24) is 0 Å². The molecule has 0 spiro atoms. The van der Waals surface area contributed by atoms with Gasteiger partial charge in [0.15, 0.2) is 5.78 Å². The van der Waals surface area contributed by atoms with Gasteiger partial charge in [-0.3, -0.25) is 9.59 Å². The number of hydrogen-bond donors (Lipinski definition) is 1. The van der Waals surface area contributed by atoms with Gasteiger partial charge in [-0.2, -0.15) is 0 Å². The fourth-order valence-corrected chi connectivity index (χ4v) is 2.03. The van der Waals surface area contributed by atoms with Crippen LogP contribution >= 0.6 is 15.9 Å². The summed E-state index contributed by atoms with van der Waals surface area (Å²) in [6, 6.07) is 3.70. The first kappa shape index (κ1) is 14.9. The highest BCUT2D eigenvalue weighted by molar-refractivity contribution is 9.10. The lowest BCUT2D eigenvalue weighted by Gasteiger charge is -2.18. The molecule has 0 atom stereocenters. The number of rotatable bonds is 4. The van der Waals surface area contributed by atoms with E-state index in [9.17, 15) is 9.59 Å². The molecule has 3 nitrogen and oxygen atoms in total. The minimum Gasteiger partial charge on any atom is -0.369 e. The first-order valence-corrected chi connectivity index (χ1v) is 6.54. The molecule has 1 aromatic rings. The van der Waals surface area contributed by atoms with Crippen molar-refractivity contribution in [3.8, 4) is 0 Å².